The molecule has 0 bridgehead atoms. The summed E-state index contributed by atoms with van der Waals surface area (Å²) in [6, 6.07) is 1.95. The number of rotatable bonds is 8. The van der Waals surface area contributed by atoms with Crippen LogP contribution in [-0.4, -0.2) is 35.2 Å². The number of aromatic nitrogens is 2. The van der Waals surface area contributed by atoms with Crippen molar-refractivity contribution in [3.05, 3.63) is 11.4 Å². The van der Waals surface area contributed by atoms with Gasteiger partial charge in [-0.15, -0.1) is 11.3 Å². The fourth-order valence-corrected chi connectivity index (χ4v) is 3.40. The van der Waals surface area contributed by atoms with Crippen LogP contribution in [0, 0.1) is 0 Å². The quantitative estimate of drug-likeness (QED) is 0.458. The first kappa shape index (κ1) is 15.5. The van der Waals surface area contributed by atoms with Crippen LogP contribution in [0.15, 0.2) is 16.6 Å². The summed E-state index contributed by atoms with van der Waals surface area (Å²) in [6.45, 7) is 5.24. The summed E-state index contributed by atoms with van der Waals surface area (Å²) in [7, 11) is 0. The van der Waals surface area contributed by atoms with Crippen molar-refractivity contribution in [3.63, 3.8) is 0 Å². The van der Waals surface area contributed by atoms with Crippen LogP contribution in [0.4, 0.5) is 5.82 Å². The van der Waals surface area contributed by atoms with Gasteiger partial charge in [-0.1, -0.05) is 11.8 Å². The number of nitrogen functional groups attached to an aromatic ring is 1. The number of thioether (sulfide) groups is 1. The van der Waals surface area contributed by atoms with E-state index in [0.29, 0.717) is 24.2 Å². The van der Waals surface area contributed by atoms with E-state index in [0.717, 1.165) is 22.4 Å². The predicted molar refractivity (Wildman–Crippen MR) is 84.2 cm³/mol. The first-order valence-electron chi connectivity index (χ1n) is 6.61. The van der Waals surface area contributed by atoms with Gasteiger partial charge in [-0.2, -0.15) is 0 Å². The van der Waals surface area contributed by atoms with E-state index in [2.05, 4.69) is 9.97 Å². The molecule has 0 atom stereocenters. The molecule has 0 saturated carbocycles. The maximum atomic E-state index is 5.92. The van der Waals surface area contributed by atoms with Crippen molar-refractivity contribution in [2.24, 2.45) is 0 Å². The lowest BCUT2D eigenvalue weighted by Crippen LogP contribution is -2.18. The third-order valence-electron chi connectivity index (χ3n) is 2.62. The van der Waals surface area contributed by atoms with E-state index < -0.39 is 0 Å². The fraction of sp³-hybridized carbons (Fsp3) is 0.538. The molecule has 2 N–H and O–H groups in total. The largest absolute Gasteiger partial charge is 0.383 e. The van der Waals surface area contributed by atoms with Crippen LogP contribution >= 0.6 is 23.1 Å². The zero-order valence-electron chi connectivity index (χ0n) is 11.7. The molecular weight excluding hydrogens is 294 g/mol. The molecule has 20 heavy (non-hydrogen) atoms. The first-order valence-corrected chi connectivity index (χ1v) is 8.47. The van der Waals surface area contributed by atoms with Gasteiger partial charge in [-0.25, -0.2) is 9.97 Å². The van der Waals surface area contributed by atoms with Crippen molar-refractivity contribution in [1.29, 1.82) is 0 Å². The Morgan fingerprint density at radius 2 is 2.05 bits per heavy atom. The lowest BCUT2D eigenvalue weighted by Gasteiger charge is -2.16. The number of hydrogen-bond donors (Lipinski definition) is 1. The Labute approximate surface area is 126 Å². The van der Waals surface area contributed by atoms with Crippen molar-refractivity contribution in [3.8, 4) is 0 Å². The number of ether oxygens (including phenoxy) is 2. The molecule has 0 aliphatic heterocycles. The molecule has 0 amide bonds. The van der Waals surface area contributed by atoms with Gasteiger partial charge in [0.05, 0.1) is 5.39 Å². The molecule has 2 rings (SSSR count). The van der Waals surface area contributed by atoms with Gasteiger partial charge in [0.15, 0.2) is 11.4 Å². The SMILES string of the molecule is CCOC(CCSc1nc(N)c2ccsc2n1)OCC. The molecule has 5 nitrogen and oxygen atoms in total. The number of nitrogens with zero attached hydrogens (tertiary/aromatic N) is 2. The number of hydrogen-bond acceptors (Lipinski definition) is 7. The summed E-state index contributed by atoms with van der Waals surface area (Å²) < 4.78 is 11.0. The molecule has 2 aromatic rings. The van der Waals surface area contributed by atoms with Gasteiger partial charge < -0.3 is 15.2 Å². The minimum atomic E-state index is -0.152. The number of thiophene rings is 1. The van der Waals surface area contributed by atoms with Crippen molar-refractivity contribution >= 4 is 39.1 Å². The van der Waals surface area contributed by atoms with Crippen LogP contribution in [-0.2, 0) is 9.47 Å². The number of fused-ring (bicyclic) bond motifs is 1. The van der Waals surface area contributed by atoms with Gasteiger partial charge in [0.2, 0.25) is 0 Å². The first-order chi connectivity index (χ1) is 9.74. The van der Waals surface area contributed by atoms with Gasteiger partial charge >= 0.3 is 0 Å². The van der Waals surface area contributed by atoms with Crippen molar-refractivity contribution < 1.29 is 9.47 Å². The third kappa shape index (κ3) is 4.05. The Hall–Kier alpha value is -0.890. The highest BCUT2D eigenvalue weighted by atomic mass is 32.2. The summed E-state index contributed by atoms with van der Waals surface area (Å²) in [5.41, 5.74) is 5.92. The second kappa shape index (κ2) is 7.78. The minimum Gasteiger partial charge on any atom is -0.383 e. The van der Waals surface area contributed by atoms with E-state index >= 15 is 0 Å². The standard InChI is InChI=1S/C13H19N3O2S2/c1-3-17-10(18-4-2)6-8-20-13-15-11(14)9-5-7-19-12(9)16-13/h5,7,10H,3-4,6,8H2,1-2H3,(H2,14,15,16). The summed E-state index contributed by atoms with van der Waals surface area (Å²) in [5, 5.41) is 3.62. The van der Waals surface area contributed by atoms with E-state index in [-0.39, 0.29) is 6.29 Å². The topological polar surface area (TPSA) is 70.3 Å². The van der Waals surface area contributed by atoms with Gasteiger partial charge in [-0.05, 0) is 25.3 Å². The van der Waals surface area contributed by atoms with E-state index in [1.807, 2.05) is 25.3 Å². The Morgan fingerprint density at radius 3 is 2.75 bits per heavy atom. The van der Waals surface area contributed by atoms with Gasteiger partial charge in [0, 0.05) is 25.4 Å². The molecule has 110 valence electrons. The molecule has 0 spiro atoms. The molecule has 0 aliphatic carbocycles. The Bertz CT molecular complexity index is 541. The Balaban J connectivity index is 1.91. The highest BCUT2D eigenvalue weighted by Gasteiger charge is 2.10. The molecule has 0 unspecified atom stereocenters. The van der Waals surface area contributed by atoms with Crippen molar-refractivity contribution in [1.82, 2.24) is 9.97 Å². The molecule has 0 saturated heterocycles. The minimum absolute atomic E-state index is 0.152. The van der Waals surface area contributed by atoms with Crippen LogP contribution in [0.3, 0.4) is 0 Å². The zero-order valence-corrected chi connectivity index (χ0v) is 13.3. The van der Waals surface area contributed by atoms with Gasteiger partial charge in [0.25, 0.3) is 0 Å². The monoisotopic (exact) mass is 313 g/mol. The second-order valence-electron chi connectivity index (χ2n) is 4.01. The Morgan fingerprint density at radius 1 is 1.30 bits per heavy atom. The Kier molecular flexibility index (Phi) is 6.03. The van der Waals surface area contributed by atoms with Crippen LogP contribution in [0.1, 0.15) is 20.3 Å². The molecule has 0 fully saturated rings. The molecule has 0 aliphatic rings. The smallest absolute Gasteiger partial charge is 0.190 e. The maximum absolute atomic E-state index is 5.92. The second-order valence-corrected chi connectivity index (χ2v) is 5.96. The molecule has 2 heterocycles. The summed E-state index contributed by atoms with van der Waals surface area (Å²) in [6.07, 6.45) is 0.651. The van der Waals surface area contributed by atoms with Crippen LogP contribution in [0.25, 0.3) is 10.2 Å². The van der Waals surface area contributed by atoms with E-state index in [1.54, 1.807) is 23.1 Å². The summed E-state index contributed by atoms with van der Waals surface area (Å²) in [5.74, 6) is 1.38. The number of anilines is 1. The number of nitrogens with two attached hydrogens (primary N) is 1. The predicted octanol–water partition coefficient (Wildman–Crippen LogP) is 3.15. The van der Waals surface area contributed by atoms with Crippen LogP contribution in [0.2, 0.25) is 0 Å². The van der Waals surface area contributed by atoms with Gasteiger partial charge in [0.1, 0.15) is 10.6 Å². The van der Waals surface area contributed by atoms with Crippen LogP contribution < -0.4 is 5.73 Å². The zero-order chi connectivity index (χ0) is 14.4. The summed E-state index contributed by atoms with van der Waals surface area (Å²) in [4.78, 5) is 9.75. The van der Waals surface area contributed by atoms with Crippen LogP contribution in [0.5, 0.6) is 0 Å². The van der Waals surface area contributed by atoms with E-state index in [1.165, 1.54) is 0 Å². The molecule has 2 aromatic heterocycles. The van der Waals surface area contributed by atoms with E-state index in [4.69, 9.17) is 15.2 Å². The highest BCUT2D eigenvalue weighted by molar-refractivity contribution is 7.99. The molecule has 0 aromatic carbocycles. The molecule has 0 radical (unpaired) electrons. The maximum Gasteiger partial charge on any atom is 0.190 e. The molecular formula is C13H19N3O2S2. The van der Waals surface area contributed by atoms with Crippen molar-refractivity contribution in [2.45, 2.75) is 31.7 Å². The average molecular weight is 313 g/mol. The highest BCUT2D eigenvalue weighted by Crippen LogP contribution is 2.26. The third-order valence-corrected chi connectivity index (χ3v) is 4.31. The lowest BCUT2D eigenvalue weighted by molar-refractivity contribution is -0.136. The van der Waals surface area contributed by atoms with E-state index in [9.17, 15) is 0 Å². The normalized spacial score (nSPS) is 11.6. The molecule has 7 heteroatoms. The fourth-order valence-electron chi connectivity index (χ4n) is 1.76. The van der Waals surface area contributed by atoms with Gasteiger partial charge in [-0.3, -0.25) is 0 Å². The van der Waals surface area contributed by atoms with Crippen molar-refractivity contribution in [2.75, 3.05) is 24.7 Å². The average Bonchev–Trinajstić information content (AvgIpc) is 2.88. The summed E-state index contributed by atoms with van der Waals surface area (Å²) >= 11 is 3.16. The lowest BCUT2D eigenvalue weighted by atomic mass is 10.4.